The first-order valence-electron chi connectivity index (χ1n) is 9.61. The van der Waals surface area contributed by atoms with E-state index in [0.29, 0.717) is 19.5 Å². The van der Waals surface area contributed by atoms with Crippen molar-refractivity contribution in [2.75, 3.05) is 6.54 Å². The van der Waals surface area contributed by atoms with Crippen molar-refractivity contribution < 1.29 is 4.79 Å². The Hall–Kier alpha value is -3.67. The summed E-state index contributed by atoms with van der Waals surface area (Å²) in [6, 6.07) is 21.1. The molecule has 6 heteroatoms. The van der Waals surface area contributed by atoms with Gasteiger partial charge in [0.25, 0.3) is 0 Å². The second-order valence-electron chi connectivity index (χ2n) is 6.91. The Labute approximate surface area is 168 Å². The normalized spacial score (nSPS) is 12.0. The zero-order valence-electron chi connectivity index (χ0n) is 15.9. The highest BCUT2D eigenvalue weighted by Gasteiger charge is 2.21. The molecule has 0 aliphatic rings. The van der Waals surface area contributed by atoms with Crippen molar-refractivity contribution in [3.8, 4) is 0 Å². The number of rotatable bonds is 7. The van der Waals surface area contributed by atoms with Crippen LogP contribution in [0.15, 0.2) is 83.9 Å². The fourth-order valence-electron chi connectivity index (χ4n) is 3.54. The summed E-state index contributed by atoms with van der Waals surface area (Å²) < 4.78 is 1.65. The van der Waals surface area contributed by atoms with Crippen LogP contribution in [0, 0.1) is 0 Å². The van der Waals surface area contributed by atoms with Gasteiger partial charge in [0.1, 0.15) is 0 Å². The van der Waals surface area contributed by atoms with Crippen LogP contribution < -0.4 is 11.0 Å². The van der Waals surface area contributed by atoms with E-state index in [1.54, 1.807) is 17.0 Å². The Kier molecular flexibility index (Phi) is 5.52. The standard InChI is InChI=1S/C23H22N4O2/c28-22(25-14-15-27-21-9-5-4-8-20(21)26-23(27)29)19(18-6-2-1-3-7-18)16-17-10-12-24-13-11-17/h1-13,19H,14-16H2,(H,25,28)(H,26,29). The van der Waals surface area contributed by atoms with Gasteiger partial charge in [0, 0.05) is 25.5 Å². The second-order valence-corrected chi connectivity index (χ2v) is 6.91. The number of pyridine rings is 1. The predicted molar refractivity (Wildman–Crippen MR) is 113 cm³/mol. The molecule has 2 aromatic carbocycles. The highest BCUT2D eigenvalue weighted by atomic mass is 16.2. The molecule has 146 valence electrons. The Balaban J connectivity index is 1.48. The lowest BCUT2D eigenvalue weighted by atomic mass is 9.91. The number of hydrogen-bond donors (Lipinski definition) is 2. The minimum absolute atomic E-state index is 0.0547. The summed E-state index contributed by atoms with van der Waals surface area (Å²) >= 11 is 0. The first kappa shape index (κ1) is 18.7. The van der Waals surface area contributed by atoms with E-state index in [0.717, 1.165) is 22.2 Å². The third-order valence-electron chi connectivity index (χ3n) is 5.02. The van der Waals surface area contributed by atoms with E-state index in [-0.39, 0.29) is 17.5 Å². The Morgan fingerprint density at radius 1 is 1.00 bits per heavy atom. The van der Waals surface area contributed by atoms with Gasteiger partial charge in [0.15, 0.2) is 0 Å². The minimum Gasteiger partial charge on any atom is -0.354 e. The number of imidazole rings is 1. The largest absolute Gasteiger partial charge is 0.354 e. The van der Waals surface area contributed by atoms with Crippen molar-refractivity contribution in [1.82, 2.24) is 19.9 Å². The number of carbonyl (C=O) groups is 1. The van der Waals surface area contributed by atoms with E-state index in [9.17, 15) is 9.59 Å². The van der Waals surface area contributed by atoms with Gasteiger partial charge in [0.2, 0.25) is 5.91 Å². The van der Waals surface area contributed by atoms with Crippen molar-refractivity contribution in [3.05, 3.63) is 101 Å². The Bertz CT molecular complexity index is 1150. The summed E-state index contributed by atoms with van der Waals surface area (Å²) in [5.74, 6) is -0.362. The molecule has 1 unspecified atom stereocenters. The number of aromatic nitrogens is 3. The smallest absolute Gasteiger partial charge is 0.326 e. The molecular weight excluding hydrogens is 364 g/mol. The second kappa shape index (κ2) is 8.56. The lowest BCUT2D eigenvalue weighted by Crippen LogP contribution is -2.34. The molecule has 0 saturated heterocycles. The molecule has 1 amide bonds. The van der Waals surface area contributed by atoms with E-state index >= 15 is 0 Å². The summed E-state index contributed by atoms with van der Waals surface area (Å²) in [6.45, 7) is 0.783. The van der Waals surface area contributed by atoms with Gasteiger partial charge in [0.05, 0.1) is 17.0 Å². The number of H-pyrrole nitrogens is 1. The Morgan fingerprint density at radius 3 is 2.52 bits per heavy atom. The van der Waals surface area contributed by atoms with E-state index < -0.39 is 0 Å². The average Bonchev–Trinajstić information content (AvgIpc) is 3.08. The topological polar surface area (TPSA) is 79.8 Å². The predicted octanol–water partition coefficient (Wildman–Crippen LogP) is 2.87. The molecule has 0 fully saturated rings. The monoisotopic (exact) mass is 386 g/mol. The highest BCUT2D eigenvalue weighted by Crippen LogP contribution is 2.21. The minimum atomic E-state index is -0.307. The third-order valence-corrected chi connectivity index (χ3v) is 5.02. The number of carbonyl (C=O) groups excluding carboxylic acids is 1. The number of benzene rings is 2. The van der Waals surface area contributed by atoms with Crippen LogP contribution >= 0.6 is 0 Å². The molecule has 1 atom stereocenters. The maximum absolute atomic E-state index is 13.0. The van der Waals surface area contributed by atoms with E-state index in [1.807, 2.05) is 66.7 Å². The van der Waals surface area contributed by atoms with Crippen LogP contribution in [0.5, 0.6) is 0 Å². The summed E-state index contributed by atoms with van der Waals surface area (Å²) in [5.41, 5.74) is 3.48. The lowest BCUT2D eigenvalue weighted by Gasteiger charge is -2.17. The molecule has 0 saturated carbocycles. The van der Waals surface area contributed by atoms with Crippen molar-refractivity contribution in [1.29, 1.82) is 0 Å². The molecule has 4 aromatic rings. The zero-order chi connectivity index (χ0) is 20.1. The fraction of sp³-hybridized carbons (Fsp3) is 0.174. The van der Waals surface area contributed by atoms with Gasteiger partial charge >= 0.3 is 5.69 Å². The van der Waals surface area contributed by atoms with Gasteiger partial charge < -0.3 is 10.3 Å². The Morgan fingerprint density at radius 2 is 1.72 bits per heavy atom. The number of aromatic amines is 1. The molecule has 4 rings (SSSR count). The SMILES string of the molecule is O=C(NCCn1c(=O)[nH]c2ccccc21)C(Cc1ccncc1)c1ccccc1. The van der Waals surface area contributed by atoms with Crippen LogP contribution in [0.2, 0.25) is 0 Å². The van der Waals surface area contributed by atoms with Gasteiger partial charge in [-0.3, -0.25) is 14.3 Å². The maximum atomic E-state index is 13.0. The van der Waals surface area contributed by atoms with Crippen molar-refractivity contribution in [3.63, 3.8) is 0 Å². The molecule has 0 aliphatic heterocycles. The van der Waals surface area contributed by atoms with Crippen LogP contribution in [-0.4, -0.2) is 27.0 Å². The molecule has 2 aromatic heterocycles. The molecule has 0 aliphatic carbocycles. The molecule has 0 radical (unpaired) electrons. The maximum Gasteiger partial charge on any atom is 0.326 e. The molecule has 0 bridgehead atoms. The number of nitrogens with zero attached hydrogens (tertiary/aromatic N) is 2. The molecule has 0 spiro atoms. The van der Waals surface area contributed by atoms with E-state index in [1.165, 1.54) is 0 Å². The number of para-hydroxylation sites is 2. The molecule has 2 heterocycles. The van der Waals surface area contributed by atoms with Crippen LogP contribution in [0.3, 0.4) is 0 Å². The van der Waals surface area contributed by atoms with Gasteiger partial charge in [-0.05, 0) is 41.8 Å². The quantitative estimate of drug-likeness (QED) is 0.513. The van der Waals surface area contributed by atoms with Crippen LogP contribution in [0.1, 0.15) is 17.0 Å². The average molecular weight is 386 g/mol. The van der Waals surface area contributed by atoms with Crippen molar-refractivity contribution >= 4 is 16.9 Å². The molecule has 6 nitrogen and oxygen atoms in total. The van der Waals surface area contributed by atoms with E-state index in [4.69, 9.17) is 0 Å². The highest BCUT2D eigenvalue weighted by molar-refractivity contribution is 5.84. The van der Waals surface area contributed by atoms with Gasteiger partial charge in [-0.25, -0.2) is 4.79 Å². The van der Waals surface area contributed by atoms with Crippen molar-refractivity contribution in [2.24, 2.45) is 0 Å². The van der Waals surface area contributed by atoms with Crippen LogP contribution in [-0.2, 0) is 17.8 Å². The zero-order valence-corrected chi connectivity index (χ0v) is 15.9. The van der Waals surface area contributed by atoms with Crippen molar-refractivity contribution in [2.45, 2.75) is 18.9 Å². The van der Waals surface area contributed by atoms with Gasteiger partial charge in [-0.15, -0.1) is 0 Å². The first-order chi connectivity index (χ1) is 14.2. The molecular formula is C23H22N4O2. The third kappa shape index (κ3) is 4.27. The number of fused-ring (bicyclic) bond motifs is 1. The molecule has 2 N–H and O–H groups in total. The molecule has 29 heavy (non-hydrogen) atoms. The summed E-state index contributed by atoms with van der Waals surface area (Å²) in [7, 11) is 0. The summed E-state index contributed by atoms with van der Waals surface area (Å²) in [5, 5.41) is 3.00. The van der Waals surface area contributed by atoms with Gasteiger partial charge in [-0.1, -0.05) is 42.5 Å². The number of amides is 1. The number of hydrogen-bond acceptors (Lipinski definition) is 3. The summed E-state index contributed by atoms with van der Waals surface area (Å²) in [4.78, 5) is 32.1. The van der Waals surface area contributed by atoms with Crippen LogP contribution in [0.4, 0.5) is 0 Å². The summed E-state index contributed by atoms with van der Waals surface area (Å²) in [6.07, 6.45) is 4.06. The number of nitrogens with one attached hydrogen (secondary N) is 2. The van der Waals surface area contributed by atoms with Crippen LogP contribution in [0.25, 0.3) is 11.0 Å². The van der Waals surface area contributed by atoms with E-state index in [2.05, 4.69) is 15.3 Å². The van der Waals surface area contributed by atoms with Gasteiger partial charge in [-0.2, -0.15) is 0 Å². The fourth-order valence-corrected chi connectivity index (χ4v) is 3.54. The first-order valence-corrected chi connectivity index (χ1v) is 9.61. The lowest BCUT2D eigenvalue weighted by molar-refractivity contribution is -0.122.